The summed E-state index contributed by atoms with van der Waals surface area (Å²) in [6, 6.07) is 0. The van der Waals surface area contributed by atoms with Crippen molar-refractivity contribution in [3.63, 3.8) is 0 Å². The molecule has 0 aliphatic heterocycles. The van der Waals surface area contributed by atoms with Gasteiger partial charge in [-0.3, -0.25) is 0 Å². The van der Waals surface area contributed by atoms with Gasteiger partial charge >= 0.3 is 107 Å². The summed E-state index contributed by atoms with van der Waals surface area (Å²) in [7, 11) is 0. The van der Waals surface area contributed by atoms with Crippen LogP contribution < -0.4 is 0 Å². The molecule has 0 aliphatic rings. The standard InChI is InChI=1S/2Bi.2Pb.10H. The molecule has 0 rings (SSSR count). The van der Waals surface area contributed by atoms with Crippen LogP contribution in [-0.4, -0.2) is 107 Å². The van der Waals surface area contributed by atoms with Crippen molar-refractivity contribution in [1.82, 2.24) is 0 Å². The van der Waals surface area contributed by atoms with E-state index in [-0.39, 0.29) is 107 Å². The Morgan fingerprint density at radius 3 is 0.500 bits per heavy atom. The molecule has 0 saturated carbocycles. The molecule has 0 atom stereocenters. The fourth-order valence-electron chi connectivity index (χ4n) is 0. The van der Waals surface area contributed by atoms with Gasteiger partial charge in [-0.15, -0.1) is 0 Å². The Kier molecular flexibility index (Phi) is 102. The van der Waals surface area contributed by atoms with Crippen LogP contribution in [0.5, 0.6) is 0 Å². The summed E-state index contributed by atoms with van der Waals surface area (Å²) in [4.78, 5) is 0. The van der Waals surface area contributed by atoms with E-state index in [1.54, 1.807) is 0 Å². The van der Waals surface area contributed by atoms with Gasteiger partial charge in [0.05, 0.1) is 0 Å². The second-order valence-electron chi connectivity index (χ2n) is 0. The monoisotopic (exact) mass is 844 g/mol. The molecule has 0 aromatic heterocycles. The van der Waals surface area contributed by atoms with Gasteiger partial charge in [-0.05, 0) is 0 Å². The van der Waals surface area contributed by atoms with Crippen LogP contribution in [-0.2, 0) is 0 Å². The van der Waals surface area contributed by atoms with E-state index in [1.165, 1.54) is 0 Å². The van der Waals surface area contributed by atoms with Crippen LogP contribution in [0.3, 0.4) is 0 Å². The summed E-state index contributed by atoms with van der Waals surface area (Å²) in [6.45, 7) is 0. The molecule has 0 spiro atoms. The van der Waals surface area contributed by atoms with Crippen LogP contribution in [0.4, 0.5) is 0 Å². The summed E-state index contributed by atoms with van der Waals surface area (Å²) in [6.07, 6.45) is 0. The zero-order valence-electron chi connectivity index (χ0n) is 2.83. The third-order valence-electron chi connectivity index (χ3n) is 0. The van der Waals surface area contributed by atoms with E-state index in [0.717, 1.165) is 0 Å². The predicted octanol–water partition coefficient (Wildman–Crippen LogP) is -4.20. The molecule has 0 bridgehead atoms. The van der Waals surface area contributed by atoms with E-state index in [1.807, 2.05) is 0 Å². The van der Waals surface area contributed by atoms with Gasteiger partial charge in [0.2, 0.25) is 0 Å². The van der Waals surface area contributed by atoms with Crippen LogP contribution in [0.2, 0.25) is 0 Å². The van der Waals surface area contributed by atoms with E-state index in [9.17, 15) is 0 Å². The topological polar surface area (TPSA) is 0 Å². The molecule has 4 radical (unpaired) electrons. The van der Waals surface area contributed by atoms with E-state index < -0.39 is 0 Å². The number of hydrogen-bond donors (Lipinski definition) is 0. The molecule has 28 valence electrons. The van der Waals surface area contributed by atoms with Crippen LogP contribution in [0, 0.1) is 0 Å². The zero-order chi connectivity index (χ0) is 0. The summed E-state index contributed by atoms with van der Waals surface area (Å²) < 4.78 is 0. The molecule has 0 amide bonds. The van der Waals surface area contributed by atoms with Crippen LogP contribution >= 0.6 is 0 Å². The van der Waals surface area contributed by atoms with Crippen molar-refractivity contribution in [3.8, 4) is 0 Å². The molecule has 4 heteroatoms. The average molecular weight is 842 g/mol. The molecule has 0 fully saturated rings. The first-order valence-electron chi connectivity index (χ1n) is 0. The molecule has 0 unspecified atom stereocenters. The van der Waals surface area contributed by atoms with Crippen molar-refractivity contribution in [2.75, 3.05) is 0 Å². The Bertz CT molecular complexity index is 4.00. The minimum absolute atomic E-state index is 0. The molecule has 4 heavy (non-hydrogen) atoms. The fraction of sp³-hybridized carbons (Fsp3) is 0. The minimum atomic E-state index is 0. The van der Waals surface area contributed by atoms with E-state index in [0.29, 0.717) is 0 Å². The van der Waals surface area contributed by atoms with Crippen molar-refractivity contribution in [2.24, 2.45) is 0 Å². The molecule has 0 heterocycles. The van der Waals surface area contributed by atoms with Gasteiger partial charge in [-0.2, -0.15) is 0 Å². The second kappa shape index (κ2) is 16.0. The van der Waals surface area contributed by atoms with E-state index in [2.05, 4.69) is 0 Å². The fourth-order valence-corrected chi connectivity index (χ4v) is 0. The molecular weight excluding hydrogens is 832 g/mol. The summed E-state index contributed by atoms with van der Waals surface area (Å²) >= 11 is 0. The molecule has 0 nitrogen and oxygen atoms in total. The quantitative estimate of drug-likeness (QED) is 0.218. The summed E-state index contributed by atoms with van der Waals surface area (Å²) in [5.41, 5.74) is 0. The van der Waals surface area contributed by atoms with Crippen molar-refractivity contribution < 1.29 is 0 Å². The zero-order valence-corrected chi connectivity index (χ0v) is 24.8. The van der Waals surface area contributed by atoms with Crippen molar-refractivity contribution >= 4 is 107 Å². The van der Waals surface area contributed by atoms with Gasteiger partial charge in [0.15, 0.2) is 0 Å². The maximum atomic E-state index is 0. The summed E-state index contributed by atoms with van der Waals surface area (Å²) in [5, 5.41) is 0. The maximum absolute atomic E-state index is 0. The van der Waals surface area contributed by atoms with Crippen LogP contribution in [0.25, 0.3) is 0 Å². The third kappa shape index (κ3) is 9.15. The van der Waals surface area contributed by atoms with Gasteiger partial charge in [-0.25, -0.2) is 0 Å². The summed E-state index contributed by atoms with van der Waals surface area (Å²) in [5.74, 6) is 0. The van der Waals surface area contributed by atoms with Gasteiger partial charge in [0.1, 0.15) is 0 Å². The number of rotatable bonds is 0. The first-order valence-corrected chi connectivity index (χ1v) is 0. The Hall–Kier alpha value is 3.61. The molecule has 0 aromatic carbocycles. The molecular formula is H10Bi2Pb2. The normalized spacial score (nSPS) is 0. The van der Waals surface area contributed by atoms with Gasteiger partial charge in [-0.1, -0.05) is 0 Å². The Balaban J connectivity index is 0. The van der Waals surface area contributed by atoms with Crippen molar-refractivity contribution in [3.05, 3.63) is 0 Å². The first-order chi connectivity index (χ1) is 0. The van der Waals surface area contributed by atoms with Crippen LogP contribution in [0.15, 0.2) is 0 Å². The average Bonchev–Trinajstić information content (AvgIpc) is 0. The van der Waals surface area contributed by atoms with Crippen molar-refractivity contribution in [2.45, 2.75) is 0 Å². The van der Waals surface area contributed by atoms with Crippen LogP contribution in [0.1, 0.15) is 0 Å². The Labute approximate surface area is 104 Å². The van der Waals surface area contributed by atoms with Crippen molar-refractivity contribution in [1.29, 1.82) is 0 Å². The predicted molar refractivity (Wildman–Crippen MR) is 37.0 cm³/mol. The molecule has 0 aliphatic carbocycles. The SMILES string of the molecule is [BiH3].[BiH3].[PbH2].[PbH2]. The van der Waals surface area contributed by atoms with Gasteiger partial charge in [0, 0.05) is 0 Å². The Morgan fingerprint density at radius 2 is 0.500 bits per heavy atom. The van der Waals surface area contributed by atoms with E-state index in [4.69, 9.17) is 0 Å². The molecule has 0 aromatic rings. The number of hydrogen-bond acceptors (Lipinski definition) is 0. The Morgan fingerprint density at radius 1 is 0.500 bits per heavy atom. The third-order valence-corrected chi connectivity index (χ3v) is 0. The first kappa shape index (κ1) is 25.5. The second-order valence-corrected chi connectivity index (χ2v) is 0. The molecule has 0 saturated heterocycles. The van der Waals surface area contributed by atoms with Gasteiger partial charge in [0.25, 0.3) is 0 Å². The van der Waals surface area contributed by atoms with E-state index >= 15 is 0 Å². The molecule has 0 N–H and O–H groups in total. The van der Waals surface area contributed by atoms with Gasteiger partial charge < -0.3 is 0 Å².